The van der Waals surface area contributed by atoms with E-state index in [0.717, 1.165) is 9.36 Å². The van der Waals surface area contributed by atoms with E-state index in [0.29, 0.717) is 10.2 Å². The summed E-state index contributed by atoms with van der Waals surface area (Å²) in [6, 6.07) is 4.38. The van der Waals surface area contributed by atoms with Crippen molar-refractivity contribution < 1.29 is 9.90 Å². The molecule has 1 heterocycles. The van der Waals surface area contributed by atoms with E-state index in [1.807, 2.05) is 0 Å². The Balaban J connectivity index is 2.56. The van der Waals surface area contributed by atoms with Crippen LogP contribution in [0, 0.1) is 0 Å². The van der Waals surface area contributed by atoms with Crippen LogP contribution in [0.2, 0.25) is 0 Å². The maximum Gasteiger partial charge on any atom is 0.368 e. The summed E-state index contributed by atoms with van der Waals surface area (Å²) in [4.78, 5) is 22.4. The maximum absolute atomic E-state index is 11.6. The molecule has 1 aromatic heterocycles. The number of aromatic carboxylic acids is 1. The minimum absolute atomic E-state index is 0.116. The first-order valence-electron chi connectivity index (χ1n) is 4.53. The number of aromatic nitrogens is 4. The zero-order valence-corrected chi connectivity index (χ0v) is 10.2. The van der Waals surface area contributed by atoms with Crippen molar-refractivity contribution in [3.05, 3.63) is 38.7 Å². The average Bonchev–Trinajstić information content (AvgIpc) is 2.59. The Morgan fingerprint density at radius 2 is 2.12 bits per heavy atom. The molecule has 0 spiro atoms. The van der Waals surface area contributed by atoms with Crippen LogP contribution in [0.1, 0.15) is 10.4 Å². The minimum atomic E-state index is -1.05. The third kappa shape index (κ3) is 1.98. The summed E-state index contributed by atoms with van der Waals surface area (Å²) in [5.74, 6) is -1.05. The summed E-state index contributed by atoms with van der Waals surface area (Å²) in [5.41, 5.74) is 0.158. The molecule has 0 aliphatic rings. The minimum Gasteiger partial charge on any atom is -0.478 e. The standard InChI is InChI=1S/C9H7BrN4O3/c1-13-9(17)14(12-11-13)5-2-3-6(8(15)16)7(10)4-5/h2-4H,1H3,(H,15,16). The van der Waals surface area contributed by atoms with Crippen LogP contribution in [-0.2, 0) is 7.05 Å². The van der Waals surface area contributed by atoms with Crippen molar-refractivity contribution in [2.24, 2.45) is 7.05 Å². The van der Waals surface area contributed by atoms with Gasteiger partial charge in [0, 0.05) is 11.5 Å². The van der Waals surface area contributed by atoms with Crippen molar-refractivity contribution in [2.45, 2.75) is 0 Å². The van der Waals surface area contributed by atoms with Gasteiger partial charge in [-0.1, -0.05) is 0 Å². The third-order valence-corrected chi connectivity index (χ3v) is 2.81. The molecule has 0 amide bonds. The number of hydrogen-bond acceptors (Lipinski definition) is 4. The lowest BCUT2D eigenvalue weighted by Crippen LogP contribution is -2.22. The lowest BCUT2D eigenvalue weighted by atomic mass is 10.2. The molecular formula is C9H7BrN4O3. The Morgan fingerprint density at radius 1 is 1.41 bits per heavy atom. The number of tetrazole rings is 1. The normalized spacial score (nSPS) is 10.5. The van der Waals surface area contributed by atoms with Crippen LogP contribution < -0.4 is 5.69 Å². The van der Waals surface area contributed by atoms with Gasteiger partial charge in [0.15, 0.2) is 0 Å². The molecule has 0 radical (unpaired) electrons. The summed E-state index contributed by atoms with van der Waals surface area (Å²) in [7, 11) is 1.48. The molecule has 0 bridgehead atoms. The quantitative estimate of drug-likeness (QED) is 0.868. The highest BCUT2D eigenvalue weighted by molar-refractivity contribution is 9.10. The van der Waals surface area contributed by atoms with E-state index in [9.17, 15) is 9.59 Å². The van der Waals surface area contributed by atoms with Crippen LogP contribution in [0.4, 0.5) is 0 Å². The Bertz CT molecular complexity index is 646. The van der Waals surface area contributed by atoms with Gasteiger partial charge < -0.3 is 5.11 Å². The summed E-state index contributed by atoms with van der Waals surface area (Å²) in [5, 5.41) is 16.1. The highest BCUT2D eigenvalue weighted by atomic mass is 79.9. The highest BCUT2D eigenvalue weighted by Crippen LogP contribution is 2.19. The molecule has 1 aromatic carbocycles. The van der Waals surface area contributed by atoms with Gasteiger partial charge in [0.05, 0.1) is 11.3 Å². The molecular weight excluding hydrogens is 292 g/mol. The largest absolute Gasteiger partial charge is 0.478 e. The predicted molar refractivity (Wildman–Crippen MR) is 61.3 cm³/mol. The molecule has 0 aliphatic heterocycles. The molecule has 17 heavy (non-hydrogen) atoms. The molecule has 0 aliphatic carbocycles. The molecule has 88 valence electrons. The first-order valence-corrected chi connectivity index (χ1v) is 5.32. The summed E-state index contributed by atoms with van der Waals surface area (Å²) < 4.78 is 2.54. The van der Waals surface area contributed by atoms with Crippen LogP contribution in [0.3, 0.4) is 0 Å². The summed E-state index contributed by atoms with van der Waals surface area (Å²) in [6.07, 6.45) is 0. The van der Waals surface area contributed by atoms with E-state index in [-0.39, 0.29) is 5.56 Å². The van der Waals surface area contributed by atoms with Crippen LogP contribution in [0.5, 0.6) is 0 Å². The van der Waals surface area contributed by atoms with Gasteiger partial charge in [-0.3, -0.25) is 0 Å². The molecule has 0 unspecified atom stereocenters. The number of carboxylic acids is 1. The number of carbonyl (C=O) groups is 1. The number of hydrogen-bond donors (Lipinski definition) is 1. The van der Waals surface area contributed by atoms with Crippen molar-refractivity contribution in [1.29, 1.82) is 0 Å². The zero-order valence-electron chi connectivity index (χ0n) is 8.66. The Morgan fingerprint density at radius 3 is 2.59 bits per heavy atom. The predicted octanol–water partition coefficient (Wildman–Crippen LogP) is 0.427. The van der Waals surface area contributed by atoms with E-state index < -0.39 is 11.7 Å². The smallest absolute Gasteiger partial charge is 0.368 e. The van der Waals surface area contributed by atoms with Gasteiger partial charge in [0.2, 0.25) is 0 Å². The van der Waals surface area contributed by atoms with Gasteiger partial charge >= 0.3 is 11.7 Å². The lowest BCUT2D eigenvalue weighted by molar-refractivity contribution is 0.0696. The van der Waals surface area contributed by atoms with Crippen LogP contribution in [-0.4, -0.2) is 30.9 Å². The van der Waals surface area contributed by atoms with Crippen molar-refractivity contribution in [3.63, 3.8) is 0 Å². The Kier molecular flexibility index (Phi) is 2.80. The summed E-state index contributed by atoms with van der Waals surface area (Å²) in [6.45, 7) is 0. The fourth-order valence-corrected chi connectivity index (χ4v) is 1.82. The topological polar surface area (TPSA) is 90.0 Å². The second kappa shape index (κ2) is 4.13. The maximum atomic E-state index is 11.6. The van der Waals surface area contributed by atoms with Gasteiger partial charge in [-0.05, 0) is 44.6 Å². The third-order valence-electron chi connectivity index (χ3n) is 2.15. The van der Waals surface area contributed by atoms with Gasteiger partial charge in [0.25, 0.3) is 0 Å². The lowest BCUT2D eigenvalue weighted by Gasteiger charge is -2.02. The number of carboxylic acid groups (broad SMARTS) is 1. The van der Waals surface area contributed by atoms with Gasteiger partial charge in [-0.2, -0.15) is 9.36 Å². The van der Waals surface area contributed by atoms with Crippen LogP contribution in [0.15, 0.2) is 27.5 Å². The van der Waals surface area contributed by atoms with Gasteiger partial charge in [-0.15, -0.1) is 0 Å². The van der Waals surface area contributed by atoms with E-state index in [1.165, 1.54) is 25.2 Å². The first kappa shape index (κ1) is 11.5. The van der Waals surface area contributed by atoms with Crippen molar-refractivity contribution >= 4 is 21.9 Å². The Labute approximate surface area is 103 Å². The molecule has 0 saturated heterocycles. The van der Waals surface area contributed by atoms with E-state index in [4.69, 9.17) is 5.11 Å². The highest BCUT2D eigenvalue weighted by Gasteiger charge is 2.11. The molecule has 0 fully saturated rings. The molecule has 2 rings (SSSR count). The number of aryl methyl sites for hydroxylation is 1. The molecule has 0 saturated carbocycles. The van der Waals surface area contributed by atoms with Crippen molar-refractivity contribution in [2.75, 3.05) is 0 Å². The van der Waals surface area contributed by atoms with E-state index in [2.05, 4.69) is 26.4 Å². The zero-order chi connectivity index (χ0) is 12.6. The monoisotopic (exact) mass is 298 g/mol. The van der Waals surface area contributed by atoms with E-state index >= 15 is 0 Å². The Hall–Kier alpha value is -1.96. The van der Waals surface area contributed by atoms with Crippen LogP contribution >= 0.6 is 15.9 Å². The number of rotatable bonds is 2. The van der Waals surface area contributed by atoms with Gasteiger partial charge in [0.1, 0.15) is 0 Å². The van der Waals surface area contributed by atoms with Crippen LogP contribution in [0.25, 0.3) is 5.69 Å². The van der Waals surface area contributed by atoms with Crippen molar-refractivity contribution in [3.8, 4) is 5.69 Å². The number of nitrogens with zero attached hydrogens (tertiary/aromatic N) is 4. The second-order valence-electron chi connectivity index (χ2n) is 3.27. The molecule has 8 heteroatoms. The van der Waals surface area contributed by atoms with Gasteiger partial charge in [-0.25, -0.2) is 9.59 Å². The van der Waals surface area contributed by atoms with Crippen molar-refractivity contribution in [1.82, 2.24) is 19.8 Å². The molecule has 7 nitrogen and oxygen atoms in total. The average molecular weight is 299 g/mol. The second-order valence-corrected chi connectivity index (χ2v) is 4.12. The molecule has 1 N–H and O–H groups in total. The fourth-order valence-electron chi connectivity index (χ4n) is 1.28. The number of halogens is 1. The molecule has 2 aromatic rings. The SMILES string of the molecule is Cn1nnn(-c2ccc(C(=O)O)c(Br)c2)c1=O. The first-order chi connectivity index (χ1) is 8.00. The van der Waals surface area contributed by atoms with E-state index in [1.54, 1.807) is 0 Å². The molecule has 0 atom stereocenters. The summed E-state index contributed by atoms with van der Waals surface area (Å²) >= 11 is 3.13. The fraction of sp³-hybridized carbons (Fsp3) is 0.111. The number of benzene rings is 1.